The molecule has 19 heteroatoms. The van der Waals surface area contributed by atoms with E-state index in [1.54, 1.807) is 31.5 Å². The second-order valence-electron chi connectivity index (χ2n) is 14.0. The van der Waals surface area contributed by atoms with Gasteiger partial charge >= 0.3 is 0 Å². The number of fused-ring (bicyclic) bond motifs is 4. The third-order valence-corrected chi connectivity index (χ3v) is 10.7. The van der Waals surface area contributed by atoms with Crippen LogP contribution in [0.25, 0.3) is 21.8 Å². The molecule has 0 aliphatic carbocycles. The number of rotatable bonds is 5. The maximum Gasteiger partial charge on any atom is 0.271 e. The lowest BCUT2D eigenvalue weighted by Gasteiger charge is -2.23. The molecular weight excluding hydrogens is 781 g/mol. The zero-order chi connectivity index (χ0) is 42.4. The molecule has 308 valence electrons. The molecule has 0 spiro atoms. The number of hydrogen-bond acceptors (Lipinski definition) is 10. The molecule has 4 heterocycles. The fraction of sp³-hybridized carbons (Fsp3) is 0.300. The predicted molar refractivity (Wildman–Crippen MR) is 218 cm³/mol. The van der Waals surface area contributed by atoms with Gasteiger partial charge in [-0.2, -0.15) is 0 Å². The summed E-state index contributed by atoms with van der Waals surface area (Å²) in [5, 5.41) is 19.1. The molecule has 2 aromatic carbocycles. The van der Waals surface area contributed by atoms with Crippen LogP contribution in [0, 0.1) is 0 Å². The molecule has 0 saturated heterocycles. The number of hydrogen-bond donors (Lipinski definition) is 8. The third kappa shape index (κ3) is 9.75. The van der Waals surface area contributed by atoms with Crippen molar-refractivity contribution < 1.29 is 38.3 Å². The van der Waals surface area contributed by atoms with Crippen molar-refractivity contribution in [1.29, 1.82) is 0 Å². The molecule has 6 rings (SSSR count). The van der Waals surface area contributed by atoms with Crippen LogP contribution in [0.5, 0.6) is 5.75 Å². The molecule has 1 aliphatic rings. The zero-order valence-electron chi connectivity index (χ0n) is 32.7. The average molecular weight is 825 g/mol. The maximum atomic E-state index is 14.4. The molecule has 2 bridgehead atoms. The summed E-state index contributed by atoms with van der Waals surface area (Å²) >= 11 is 1.11. The number of carbonyl (C=O) groups is 7. The van der Waals surface area contributed by atoms with Crippen LogP contribution in [0.1, 0.15) is 46.5 Å². The fourth-order valence-corrected chi connectivity index (χ4v) is 7.44. The van der Waals surface area contributed by atoms with E-state index in [-0.39, 0.29) is 24.2 Å². The molecule has 8 N–H and O–H groups in total. The minimum atomic E-state index is -1.28. The van der Waals surface area contributed by atoms with Gasteiger partial charge in [-0.05, 0) is 43.2 Å². The van der Waals surface area contributed by atoms with E-state index in [2.05, 4.69) is 53.4 Å². The highest BCUT2D eigenvalue weighted by Gasteiger charge is 2.31. The second-order valence-corrected chi connectivity index (χ2v) is 14.9. The summed E-state index contributed by atoms with van der Waals surface area (Å²) in [6, 6.07) is 8.49. The summed E-state index contributed by atoms with van der Waals surface area (Å²) in [6.07, 6.45) is 3.39. The molecule has 18 nitrogen and oxygen atoms in total. The topological polar surface area (TPSA) is 249 Å². The molecule has 59 heavy (non-hydrogen) atoms. The molecule has 4 atom stereocenters. The number of thiazole rings is 1. The minimum absolute atomic E-state index is 0.0152. The van der Waals surface area contributed by atoms with E-state index in [0.717, 1.165) is 32.7 Å². The number of amides is 7. The quantitative estimate of drug-likeness (QED) is 0.118. The van der Waals surface area contributed by atoms with Gasteiger partial charge in [-0.1, -0.05) is 30.8 Å². The number of carbonyl (C=O) groups excluding carboxylic acids is 7. The number of benzene rings is 2. The van der Waals surface area contributed by atoms with Gasteiger partial charge in [-0.25, -0.2) is 4.98 Å². The summed E-state index contributed by atoms with van der Waals surface area (Å²) in [7, 11) is 2.86. The largest absolute Gasteiger partial charge is 0.496 e. The highest BCUT2D eigenvalue weighted by Crippen LogP contribution is 2.29. The zero-order valence-corrected chi connectivity index (χ0v) is 33.5. The highest BCUT2D eigenvalue weighted by atomic mass is 32.1. The van der Waals surface area contributed by atoms with Gasteiger partial charge in [-0.15, -0.1) is 11.3 Å². The lowest BCUT2D eigenvalue weighted by molar-refractivity contribution is -0.133. The average Bonchev–Trinajstić information content (AvgIpc) is 3.98. The minimum Gasteiger partial charge on any atom is -0.496 e. The Hall–Kier alpha value is -7.02. The molecule has 0 saturated carbocycles. The van der Waals surface area contributed by atoms with Crippen LogP contribution in [0.3, 0.4) is 0 Å². The van der Waals surface area contributed by atoms with Crippen molar-refractivity contribution in [3.8, 4) is 5.75 Å². The van der Waals surface area contributed by atoms with Crippen LogP contribution in [0.2, 0.25) is 0 Å². The summed E-state index contributed by atoms with van der Waals surface area (Å²) < 4.78 is 5.59. The van der Waals surface area contributed by atoms with E-state index in [1.807, 2.05) is 30.3 Å². The highest BCUT2D eigenvalue weighted by molar-refractivity contribution is 7.09. The molecule has 5 aromatic rings. The second kappa shape index (κ2) is 18.1. The fourth-order valence-electron chi connectivity index (χ4n) is 6.63. The Balaban J connectivity index is 1.34. The molecule has 7 amide bonds. The van der Waals surface area contributed by atoms with Gasteiger partial charge in [0.2, 0.25) is 29.5 Å². The summed E-state index contributed by atoms with van der Waals surface area (Å²) in [4.78, 5) is 106. The van der Waals surface area contributed by atoms with Gasteiger partial charge in [-0.3, -0.25) is 33.6 Å². The standard InChI is InChI=1S/C40H44N10O8S/c1-20-35(53)46-22(3)40(57)50(4)18-33(52)45-21(2)39-49-30(19-59-39)38(56)48-29(13-23-15-41-26-10-7-6-9-25(23)26)37(55)47-28(36(54)43-17-32(51)44-20)14-24-16-42-27-11-8-12-31(58-5)34(24)27/h6-12,15-16,19-21,28-29,41-42H,3,13-14,17-18H2,1-2,4-5H3,(H,43,54)(H,44,51)(H,45,52)(H,46,53)(H,47,55)(H,48,56)/t20?,21?,28-,29-/m0/s1. The van der Waals surface area contributed by atoms with Crippen LogP contribution in [-0.4, -0.2) is 107 Å². The van der Waals surface area contributed by atoms with Crippen molar-refractivity contribution in [2.24, 2.45) is 0 Å². The van der Waals surface area contributed by atoms with Crippen LogP contribution in [-0.2, 0) is 41.6 Å². The van der Waals surface area contributed by atoms with Crippen LogP contribution >= 0.6 is 11.3 Å². The number of para-hydroxylation sites is 1. The SMILES string of the molecule is C=C1NC(=O)C(C)NC(=O)CNC(=O)[C@H](Cc2c[nH]c3cccc(OC)c23)NC(=O)[C@H](Cc2c[nH]c3ccccc23)NC(=O)c2csc(n2)C(C)NC(=O)CN(C)C1=O. The first-order valence-corrected chi connectivity index (χ1v) is 19.5. The van der Waals surface area contributed by atoms with E-state index >= 15 is 0 Å². The number of aromatic amines is 2. The van der Waals surface area contributed by atoms with Crippen molar-refractivity contribution in [3.63, 3.8) is 0 Å². The molecule has 0 radical (unpaired) electrons. The van der Waals surface area contributed by atoms with Crippen LogP contribution < -0.4 is 36.6 Å². The normalized spacial score (nSPS) is 20.9. The number of H-pyrrole nitrogens is 2. The Morgan fingerprint density at radius 2 is 1.47 bits per heavy atom. The monoisotopic (exact) mass is 824 g/mol. The van der Waals surface area contributed by atoms with E-state index in [4.69, 9.17) is 4.74 Å². The van der Waals surface area contributed by atoms with Gasteiger partial charge in [0, 0.05) is 59.5 Å². The van der Waals surface area contributed by atoms with E-state index in [9.17, 15) is 33.6 Å². The predicted octanol–water partition coefficient (Wildman–Crippen LogP) is 1.08. The van der Waals surface area contributed by atoms with Gasteiger partial charge < -0.3 is 51.5 Å². The number of aromatic nitrogens is 3. The third-order valence-electron chi connectivity index (χ3n) is 9.70. The van der Waals surface area contributed by atoms with Crippen molar-refractivity contribution in [3.05, 3.63) is 94.3 Å². The number of nitrogens with one attached hydrogen (secondary N) is 8. The summed E-state index contributed by atoms with van der Waals surface area (Å²) in [5.41, 5.74) is 2.52. The molecule has 2 unspecified atom stereocenters. The van der Waals surface area contributed by atoms with Crippen molar-refractivity contribution >= 4 is 74.5 Å². The Morgan fingerprint density at radius 1 is 0.797 bits per heavy atom. The van der Waals surface area contributed by atoms with E-state index in [1.165, 1.54) is 26.5 Å². The number of ether oxygens (including phenoxy) is 1. The Labute approximate surface area is 341 Å². The van der Waals surface area contributed by atoms with Gasteiger partial charge in [0.15, 0.2) is 0 Å². The Kier molecular flexibility index (Phi) is 12.7. The summed E-state index contributed by atoms with van der Waals surface area (Å²) in [6.45, 7) is 5.64. The smallest absolute Gasteiger partial charge is 0.271 e. The first kappa shape index (κ1) is 41.6. The lowest BCUT2D eigenvalue weighted by Crippen LogP contribution is -2.56. The molecule has 0 fully saturated rings. The first-order chi connectivity index (χ1) is 28.2. The number of methoxy groups -OCH3 is 1. The first-order valence-electron chi connectivity index (χ1n) is 18.6. The lowest BCUT2D eigenvalue weighted by atomic mass is 10.0. The van der Waals surface area contributed by atoms with E-state index in [0.29, 0.717) is 27.3 Å². The van der Waals surface area contributed by atoms with Crippen molar-refractivity contribution in [1.82, 2.24) is 51.8 Å². The van der Waals surface area contributed by atoms with Gasteiger partial charge in [0.25, 0.3) is 11.8 Å². The van der Waals surface area contributed by atoms with Gasteiger partial charge in [0.05, 0.1) is 31.9 Å². The van der Waals surface area contributed by atoms with Crippen molar-refractivity contribution in [2.75, 3.05) is 27.2 Å². The number of nitrogens with zero attached hydrogens (tertiary/aromatic N) is 2. The summed E-state index contributed by atoms with van der Waals surface area (Å²) in [5.74, 6) is -4.41. The molecule has 1 aliphatic heterocycles. The Bertz CT molecular complexity index is 2450. The van der Waals surface area contributed by atoms with Gasteiger partial charge in [0.1, 0.15) is 34.6 Å². The molecular formula is C40H44N10O8S. The van der Waals surface area contributed by atoms with Crippen LogP contribution in [0.15, 0.2) is 72.5 Å². The molecule has 3 aromatic heterocycles. The Morgan fingerprint density at radius 3 is 2.25 bits per heavy atom. The van der Waals surface area contributed by atoms with Crippen molar-refractivity contribution in [2.45, 2.75) is 50.9 Å². The maximum absolute atomic E-state index is 14.4. The van der Waals surface area contributed by atoms with E-state index < -0.39 is 78.6 Å². The van der Waals surface area contributed by atoms with Crippen LogP contribution in [0.4, 0.5) is 0 Å². The number of likely N-dealkylation sites (N-methyl/N-ethyl adjacent to an activating group) is 1.